The second-order valence-corrected chi connectivity index (χ2v) is 6.43. The van der Waals surface area contributed by atoms with Crippen molar-refractivity contribution < 1.29 is 9.47 Å². The lowest BCUT2D eigenvalue weighted by atomic mass is 9.76. The molecule has 0 spiro atoms. The lowest BCUT2D eigenvalue weighted by Crippen LogP contribution is -2.47. The van der Waals surface area contributed by atoms with Gasteiger partial charge in [0.25, 0.3) is 0 Å². The van der Waals surface area contributed by atoms with Gasteiger partial charge >= 0.3 is 0 Å². The fraction of sp³-hybridized carbons (Fsp3) is 0.875. The monoisotopic (exact) mass is 254 g/mol. The highest BCUT2D eigenvalue weighted by Crippen LogP contribution is 2.42. The lowest BCUT2D eigenvalue weighted by molar-refractivity contribution is -0.271. The van der Waals surface area contributed by atoms with Gasteiger partial charge in [0.2, 0.25) is 0 Å². The fourth-order valence-corrected chi connectivity index (χ4v) is 2.67. The summed E-state index contributed by atoms with van der Waals surface area (Å²) in [6.07, 6.45) is 7.65. The number of rotatable bonds is 7. The predicted molar refractivity (Wildman–Crippen MR) is 76.5 cm³/mol. The number of unbranched alkanes of at least 4 members (excludes halogenated alkanes) is 1. The molecule has 2 nitrogen and oxygen atoms in total. The number of hydrogen-bond donors (Lipinski definition) is 0. The van der Waals surface area contributed by atoms with Crippen molar-refractivity contribution in [3.05, 3.63) is 12.7 Å². The van der Waals surface area contributed by atoms with Crippen molar-refractivity contribution in [2.45, 2.75) is 66.1 Å². The first-order valence-electron chi connectivity index (χ1n) is 7.34. The standard InChI is InChI=1S/C16H30O2/c1-6-9-11-16(8-3,10-7-2)14-17-12-15(4,5)13-18-14/h7,14H,2,6,8-13H2,1,3-5H3. The van der Waals surface area contributed by atoms with Gasteiger partial charge in [-0.3, -0.25) is 0 Å². The Morgan fingerprint density at radius 3 is 2.33 bits per heavy atom. The molecule has 1 aliphatic heterocycles. The maximum atomic E-state index is 6.03. The molecule has 18 heavy (non-hydrogen) atoms. The Morgan fingerprint density at radius 1 is 1.28 bits per heavy atom. The Hall–Kier alpha value is -0.340. The van der Waals surface area contributed by atoms with Gasteiger partial charge in [0, 0.05) is 10.8 Å². The minimum absolute atomic E-state index is 0.0555. The van der Waals surface area contributed by atoms with Crippen molar-refractivity contribution in [1.82, 2.24) is 0 Å². The highest BCUT2D eigenvalue weighted by atomic mass is 16.7. The van der Waals surface area contributed by atoms with Gasteiger partial charge in [0.1, 0.15) is 0 Å². The van der Waals surface area contributed by atoms with Crippen molar-refractivity contribution in [1.29, 1.82) is 0 Å². The van der Waals surface area contributed by atoms with Gasteiger partial charge in [-0.1, -0.05) is 46.6 Å². The van der Waals surface area contributed by atoms with Gasteiger partial charge in [0.15, 0.2) is 6.29 Å². The molecule has 2 heteroatoms. The third-order valence-electron chi connectivity index (χ3n) is 4.03. The van der Waals surface area contributed by atoms with E-state index in [1.54, 1.807) is 0 Å². The summed E-state index contributed by atoms with van der Waals surface area (Å²) in [7, 11) is 0. The SMILES string of the molecule is C=CCC(CC)(CCCC)C1OCC(C)(C)CO1. The van der Waals surface area contributed by atoms with Gasteiger partial charge in [-0.15, -0.1) is 6.58 Å². The van der Waals surface area contributed by atoms with Crippen LogP contribution in [0.25, 0.3) is 0 Å². The van der Waals surface area contributed by atoms with Crippen LogP contribution in [0.2, 0.25) is 0 Å². The van der Waals surface area contributed by atoms with Gasteiger partial charge in [0.05, 0.1) is 13.2 Å². The number of allylic oxidation sites excluding steroid dienone is 1. The Kier molecular flexibility index (Phi) is 5.87. The zero-order valence-electron chi connectivity index (χ0n) is 12.6. The zero-order chi connectivity index (χ0) is 13.6. The number of ether oxygens (including phenoxy) is 2. The highest BCUT2D eigenvalue weighted by Gasteiger charge is 2.41. The Morgan fingerprint density at radius 2 is 1.89 bits per heavy atom. The van der Waals surface area contributed by atoms with Crippen molar-refractivity contribution >= 4 is 0 Å². The fourth-order valence-electron chi connectivity index (χ4n) is 2.67. The minimum atomic E-state index is -0.0555. The van der Waals surface area contributed by atoms with E-state index in [0.29, 0.717) is 0 Å². The van der Waals surface area contributed by atoms with Crippen LogP contribution in [0.3, 0.4) is 0 Å². The lowest BCUT2D eigenvalue weighted by Gasteiger charge is -2.45. The summed E-state index contributed by atoms with van der Waals surface area (Å²) in [4.78, 5) is 0. The molecule has 0 N–H and O–H groups in total. The zero-order valence-corrected chi connectivity index (χ0v) is 12.6. The van der Waals surface area contributed by atoms with Crippen molar-refractivity contribution in [3.8, 4) is 0 Å². The largest absolute Gasteiger partial charge is 0.351 e. The molecule has 1 fully saturated rings. The van der Waals surface area contributed by atoms with Gasteiger partial charge < -0.3 is 9.47 Å². The third-order valence-corrected chi connectivity index (χ3v) is 4.03. The average molecular weight is 254 g/mol. The van der Waals surface area contributed by atoms with Crippen LogP contribution in [0, 0.1) is 10.8 Å². The van der Waals surface area contributed by atoms with Gasteiger partial charge in [-0.2, -0.15) is 0 Å². The summed E-state index contributed by atoms with van der Waals surface area (Å²) >= 11 is 0. The first-order chi connectivity index (χ1) is 8.49. The second-order valence-electron chi connectivity index (χ2n) is 6.43. The van der Waals surface area contributed by atoms with Crippen molar-refractivity contribution in [3.63, 3.8) is 0 Å². The first-order valence-corrected chi connectivity index (χ1v) is 7.34. The van der Waals surface area contributed by atoms with E-state index < -0.39 is 0 Å². The molecule has 0 saturated carbocycles. The minimum Gasteiger partial charge on any atom is -0.351 e. The molecule has 0 bridgehead atoms. The first kappa shape index (κ1) is 15.7. The van der Waals surface area contributed by atoms with Crippen LogP contribution in [0.4, 0.5) is 0 Å². The summed E-state index contributed by atoms with van der Waals surface area (Å²) in [5, 5.41) is 0. The van der Waals surface area contributed by atoms with E-state index in [9.17, 15) is 0 Å². The summed E-state index contributed by atoms with van der Waals surface area (Å²) < 4.78 is 12.1. The van der Waals surface area contributed by atoms with Crippen LogP contribution in [0.1, 0.15) is 59.8 Å². The molecule has 1 saturated heterocycles. The molecule has 0 amide bonds. The molecule has 1 heterocycles. The molecular weight excluding hydrogens is 224 g/mol. The normalized spacial score (nSPS) is 23.6. The van der Waals surface area contributed by atoms with Crippen molar-refractivity contribution in [2.24, 2.45) is 10.8 Å². The van der Waals surface area contributed by atoms with Crippen molar-refractivity contribution in [2.75, 3.05) is 13.2 Å². The summed E-state index contributed by atoms with van der Waals surface area (Å²) in [6, 6.07) is 0. The summed E-state index contributed by atoms with van der Waals surface area (Å²) in [5.41, 5.74) is 0.267. The van der Waals surface area contributed by atoms with E-state index in [1.807, 2.05) is 6.08 Å². The van der Waals surface area contributed by atoms with Crippen LogP contribution >= 0.6 is 0 Å². The molecule has 1 unspecified atom stereocenters. The molecule has 0 aliphatic carbocycles. The quantitative estimate of drug-likeness (QED) is 0.621. The molecule has 0 radical (unpaired) electrons. The Balaban J connectivity index is 2.73. The van der Waals surface area contributed by atoms with Crippen LogP contribution < -0.4 is 0 Å². The van der Waals surface area contributed by atoms with Crippen LogP contribution in [-0.2, 0) is 9.47 Å². The maximum absolute atomic E-state index is 6.03. The molecule has 0 aromatic carbocycles. The van der Waals surface area contributed by atoms with E-state index in [4.69, 9.17) is 9.47 Å². The molecule has 0 aromatic heterocycles. The average Bonchev–Trinajstić information content (AvgIpc) is 2.35. The van der Waals surface area contributed by atoms with Crippen LogP contribution in [0.15, 0.2) is 12.7 Å². The molecule has 1 aliphatic rings. The summed E-state index contributed by atoms with van der Waals surface area (Å²) in [5.74, 6) is 0. The Bertz CT molecular complexity index is 250. The van der Waals surface area contributed by atoms with E-state index in [-0.39, 0.29) is 17.1 Å². The van der Waals surface area contributed by atoms with Crippen LogP contribution in [0.5, 0.6) is 0 Å². The van der Waals surface area contributed by atoms with Gasteiger partial charge in [-0.05, 0) is 19.3 Å². The summed E-state index contributed by atoms with van der Waals surface area (Å²) in [6.45, 7) is 14.4. The van der Waals surface area contributed by atoms with E-state index in [2.05, 4.69) is 34.3 Å². The Labute approximate surface area is 113 Å². The second kappa shape index (κ2) is 6.72. The van der Waals surface area contributed by atoms with E-state index >= 15 is 0 Å². The smallest absolute Gasteiger partial charge is 0.163 e. The third kappa shape index (κ3) is 3.83. The van der Waals surface area contributed by atoms with E-state index in [0.717, 1.165) is 32.5 Å². The molecule has 1 atom stereocenters. The molecular formula is C16H30O2. The van der Waals surface area contributed by atoms with Gasteiger partial charge in [-0.25, -0.2) is 0 Å². The maximum Gasteiger partial charge on any atom is 0.163 e. The molecule has 0 aromatic rings. The van der Waals surface area contributed by atoms with E-state index in [1.165, 1.54) is 12.8 Å². The predicted octanol–water partition coefficient (Wildman–Crippen LogP) is 4.55. The number of hydrogen-bond acceptors (Lipinski definition) is 2. The topological polar surface area (TPSA) is 18.5 Å². The molecule has 106 valence electrons. The highest BCUT2D eigenvalue weighted by molar-refractivity contribution is 4.90. The van der Waals surface area contributed by atoms with Crippen LogP contribution in [-0.4, -0.2) is 19.5 Å². The molecule has 1 rings (SSSR count).